The minimum Gasteiger partial charge on any atom is -0.482 e. The highest BCUT2D eigenvalue weighted by molar-refractivity contribution is 5.90. The van der Waals surface area contributed by atoms with Crippen molar-refractivity contribution in [1.82, 2.24) is 0 Å². The Morgan fingerprint density at radius 2 is 1.73 bits per heavy atom. The molecular formula is C56H56O10. The molecule has 0 amide bonds. The summed E-state index contributed by atoms with van der Waals surface area (Å²) in [7, 11) is 0. The number of carbonyl (C=O) groups excluding carboxylic acids is 2. The number of ether oxygens (including phenoxy) is 4. The SMILES string of the molecule is CC(C)=C1CCc2ccc3c(c2)CC#CC[C@@]2(C)Oc4ccc5cc([C@H](CCO)COCO)c(=O)oc5c4[C@@H](OC(=O)C[C@@H]4C[C@@H](c5cccc(Cc6ccccc6)c5)C=C[C@@H]34)[C@@H]2OC1=O. The molecule has 4 aliphatic rings. The Kier molecular flexibility index (Phi) is 13.1. The van der Waals surface area contributed by atoms with E-state index in [-0.39, 0.29) is 66.9 Å². The molecule has 3 aliphatic heterocycles. The van der Waals surface area contributed by atoms with E-state index in [1.807, 2.05) is 26.8 Å². The van der Waals surface area contributed by atoms with Crippen LogP contribution in [0.5, 0.6) is 5.75 Å². The van der Waals surface area contributed by atoms with Crippen LogP contribution < -0.4 is 10.4 Å². The molecule has 10 nitrogen and oxygen atoms in total. The van der Waals surface area contributed by atoms with Crippen molar-refractivity contribution in [3.63, 3.8) is 0 Å². The summed E-state index contributed by atoms with van der Waals surface area (Å²) in [5.74, 6) is 5.25. The number of benzene rings is 4. The summed E-state index contributed by atoms with van der Waals surface area (Å²) in [5.41, 5.74) is 6.88. The van der Waals surface area contributed by atoms with Crippen LogP contribution in [-0.2, 0) is 43.1 Å². The van der Waals surface area contributed by atoms with Gasteiger partial charge in [0.05, 0.1) is 18.6 Å². The van der Waals surface area contributed by atoms with Crippen LogP contribution in [0.15, 0.2) is 124 Å². The Labute approximate surface area is 385 Å². The zero-order valence-corrected chi connectivity index (χ0v) is 37.7. The smallest absolute Gasteiger partial charge is 0.339 e. The van der Waals surface area contributed by atoms with Gasteiger partial charge in [-0.05, 0) is 110 Å². The quantitative estimate of drug-likeness (QED) is 0.0368. The van der Waals surface area contributed by atoms with Crippen LogP contribution in [0.25, 0.3) is 11.0 Å². The zero-order chi connectivity index (χ0) is 46.0. The molecule has 0 fully saturated rings. The summed E-state index contributed by atoms with van der Waals surface area (Å²) in [6.07, 6.45) is 5.45. The van der Waals surface area contributed by atoms with Crippen molar-refractivity contribution in [2.45, 2.75) is 108 Å². The van der Waals surface area contributed by atoms with Gasteiger partial charge < -0.3 is 33.6 Å². The fraction of sp³-hybridized carbons (Fsp3) is 0.375. The summed E-state index contributed by atoms with van der Waals surface area (Å²) in [6, 6.07) is 30.8. The standard InChI is InChI=1S/C56H56O10/c1-34(2)44-19-15-36-16-20-45-40(27-36)13-7-8-24-56(3)53(65-54(44)60)52(50-48(66-56)22-18-41-30-47(55(61)64-51(41)50)42(23-25-57)32-62-33-58)63-49(59)31-43-29-39(17-21-46(43)45)38-14-9-12-37(28-38)26-35-10-5-4-6-11-35/h4-6,9-12,14,16-18,20-22,27-28,30,39,42-43,46,52-53,57-58H,13,15,19,23-26,29,31-33H2,1-3H3/t39-,42+,43-,46+,52+,53-,56+/m0/s1. The Bertz CT molecular complexity index is 2820. The van der Waals surface area contributed by atoms with Gasteiger partial charge in [0, 0.05) is 53.7 Å². The molecule has 7 atom stereocenters. The average molecular weight is 889 g/mol. The van der Waals surface area contributed by atoms with E-state index in [0.29, 0.717) is 42.4 Å². The molecule has 1 aromatic heterocycles. The minimum absolute atomic E-state index is 0.0193. The number of hydrogen-bond acceptors (Lipinski definition) is 10. The van der Waals surface area contributed by atoms with E-state index in [1.165, 1.54) is 16.7 Å². The first-order valence-electron chi connectivity index (χ1n) is 23.1. The lowest BCUT2D eigenvalue weighted by molar-refractivity contribution is -0.190. The van der Waals surface area contributed by atoms with Crippen LogP contribution in [0.2, 0.25) is 0 Å². The number of fused-ring (bicyclic) bond motifs is 9. The van der Waals surface area contributed by atoms with E-state index >= 15 is 0 Å². The molecule has 1 aliphatic carbocycles. The Morgan fingerprint density at radius 3 is 2.53 bits per heavy atom. The van der Waals surface area contributed by atoms with E-state index in [1.54, 1.807) is 18.2 Å². The van der Waals surface area contributed by atoms with Gasteiger partial charge >= 0.3 is 17.6 Å². The number of allylic oxidation sites excluding steroid dienone is 3. The number of hydrogen-bond donors (Lipinski definition) is 2. The molecule has 66 heavy (non-hydrogen) atoms. The van der Waals surface area contributed by atoms with E-state index in [9.17, 15) is 24.6 Å². The summed E-state index contributed by atoms with van der Waals surface area (Å²) in [6.45, 7) is 4.80. The van der Waals surface area contributed by atoms with Crippen molar-refractivity contribution in [3.8, 4) is 17.6 Å². The second kappa shape index (κ2) is 19.3. The zero-order valence-electron chi connectivity index (χ0n) is 37.7. The molecule has 2 N–H and O–H groups in total. The largest absolute Gasteiger partial charge is 0.482 e. The first kappa shape index (κ1) is 44.9. The average Bonchev–Trinajstić information content (AvgIpc) is 3.30. The number of carbonyl (C=O) groups is 2. The fourth-order valence-corrected chi connectivity index (χ4v) is 10.4. The highest BCUT2D eigenvalue weighted by atomic mass is 16.6. The van der Waals surface area contributed by atoms with Gasteiger partial charge in [0.25, 0.3) is 0 Å². The molecule has 9 rings (SSSR count). The molecule has 5 bridgehead atoms. The number of aliphatic hydroxyl groups excluding tert-OH is 2. The van der Waals surface area contributed by atoms with E-state index in [4.69, 9.17) is 23.4 Å². The first-order chi connectivity index (χ1) is 32.0. The van der Waals surface area contributed by atoms with Crippen LogP contribution >= 0.6 is 0 Å². The Balaban J connectivity index is 1.18. The maximum atomic E-state index is 15.0. The van der Waals surface area contributed by atoms with Gasteiger partial charge in [0.2, 0.25) is 0 Å². The summed E-state index contributed by atoms with van der Waals surface area (Å²) < 4.78 is 31.5. The van der Waals surface area contributed by atoms with Crippen LogP contribution in [0.1, 0.15) is 121 Å². The lowest BCUT2D eigenvalue weighted by atomic mass is 9.71. The fourth-order valence-electron chi connectivity index (χ4n) is 10.4. The molecule has 10 heteroatoms. The van der Waals surface area contributed by atoms with Crippen molar-refractivity contribution in [2.24, 2.45) is 5.92 Å². The first-order valence-corrected chi connectivity index (χ1v) is 23.1. The van der Waals surface area contributed by atoms with Gasteiger partial charge in [-0.25, -0.2) is 9.59 Å². The third kappa shape index (κ3) is 9.26. The van der Waals surface area contributed by atoms with Crippen molar-refractivity contribution in [2.75, 3.05) is 20.0 Å². The highest BCUT2D eigenvalue weighted by Crippen LogP contribution is 2.50. The summed E-state index contributed by atoms with van der Waals surface area (Å²) >= 11 is 0. The lowest BCUT2D eigenvalue weighted by Crippen LogP contribution is -2.54. The molecule has 4 aromatic carbocycles. The lowest BCUT2D eigenvalue weighted by Gasteiger charge is -2.45. The van der Waals surface area contributed by atoms with E-state index in [0.717, 1.165) is 28.7 Å². The normalized spacial score (nSPS) is 24.1. The molecule has 0 radical (unpaired) electrons. The summed E-state index contributed by atoms with van der Waals surface area (Å²) in [4.78, 5) is 43.5. The summed E-state index contributed by atoms with van der Waals surface area (Å²) in [5, 5.41) is 19.7. The second-order valence-electron chi connectivity index (χ2n) is 18.6. The topological polar surface area (TPSA) is 142 Å². The molecule has 4 heterocycles. The Morgan fingerprint density at radius 1 is 0.894 bits per heavy atom. The number of aliphatic hydroxyl groups is 2. The third-order valence-electron chi connectivity index (χ3n) is 13.9. The molecule has 0 saturated heterocycles. The van der Waals surface area contributed by atoms with E-state index < -0.39 is 48.1 Å². The predicted octanol–water partition coefficient (Wildman–Crippen LogP) is 9.23. The van der Waals surface area contributed by atoms with Gasteiger partial charge in [0.15, 0.2) is 17.8 Å². The molecule has 0 saturated carbocycles. The molecule has 0 unspecified atom stereocenters. The minimum atomic E-state index is -1.31. The molecular weight excluding hydrogens is 833 g/mol. The van der Waals surface area contributed by atoms with Crippen molar-refractivity contribution in [1.29, 1.82) is 0 Å². The maximum Gasteiger partial charge on any atom is 0.339 e. The Hall–Kier alpha value is -6.25. The maximum absolute atomic E-state index is 15.0. The van der Waals surface area contributed by atoms with Gasteiger partial charge in [-0.3, -0.25) is 4.79 Å². The second-order valence-corrected chi connectivity index (χ2v) is 18.6. The number of esters is 2. The third-order valence-corrected chi connectivity index (χ3v) is 13.9. The van der Waals surface area contributed by atoms with E-state index in [2.05, 4.69) is 90.7 Å². The predicted molar refractivity (Wildman–Crippen MR) is 250 cm³/mol. The van der Waals surface area contributed by atoms with Crippen molar-refractivity contribution < 1.29 is 43.2 Å². The monoisotopic (exact) mass is 888 g/mol. The molecule has 340 valence electrons. The highest BCUT2D eigenvalue weighted by Gasteiger charge is 2.53. The van der Waals surface area contributed by atoms with Crippen molar-refractivity contribution >= 4 is 22.9 Å². The van der Waals surface area contributed by atoms with Crippen molar-refractivity contribution in [3.05, 3.63) is 169 Å². The molecule has 5 aromatic rings. The van der Waals surface area contributed by atoms with Crippen LogP contribution in [0, 0.1) is 17.8 Å². The van der Waals surface area contributed by atoms with Crippen LogP contribution in [0.3, 0.4) is 0 Å². The van der Waals surface area contributed by atoms with Gasteiger partial charge in [-0.15, -0.1) is 0 Å². The molecule has 0 spiro atoms. The van der Waals surface area contributed by atoms with Crippen LogP contribution in [-0.4, -0.2) is 53.9 Å². The number of aryl methyl sites for hydroxylation is 1. The van der Waals surface area contributed by atoms with Gasteiger partial charge in [-0.1, -0.05) is 102 Å². The van der Waals surface area contributed by atoms with Gasteiger partial charge in [0.1, 0.15) is 18.1 Å². The van der Waals surface area contributed by atoms with Crippen LogP contribution in [0.4, 0.5) is 0 Å². The van der Waals surface area contributed by atoms with Gasteiger partial charge in [-0.2, -0.15) is 0 Å². The number of rotatable bonds is 9.